The first-order valence-corrected chi connectivity index (χ1v) is 4.04. The number of alkyl carbamates (subject to hydrolysis) is 1. The van der Waals surface area contributed by atoms with Crippen LogP contribution in [0.3, 0.4) is 0 Å². The number of allylic oxidation sites excluding steroid dienone is 4. The fourth-order valence-electron chi connectivity index (χ4n) is 0.754. The number of ether oxygens (including phenoxy) is 1. The van der Waals surface area contributed by atoms with E-state index in [1.165, 1.54) is 0 Å². The van der Waals surface area contributed by atoms with Gasteiger partial charge in [-0.05, 0) is 12.2 Å². The largest absolute Gasteiger partial charge is 0.448 e. The molecule has 5 nitrogen and oxygen atoms in total. The molecule has 0 spiro atoms. The molecule has 5 heteroatoms. The lowest BCUT2D eigenvalue weighted by molar-refractivity contribution is 0.178. The summed E-state index contributed by atoms with van der Waals surface area (Å²) in [5.74, 6) is 0. The summed E-state index contributed by atoms with van der Waals surface area (Å²) in [4.78, 5) is 9.91. The van der Waals surface area contributed by atoms with Gasteiger partial charge in [0.15, 0.2) is 0 Å². The van der Waals surface area contributed by atoms with Crippen LogP contribution in [0.15, 0.2) is 36.7 Å². The molecule has 0 saturated carbocycles. The van der Waals surface area contributed by atoms with Gasteiger partial charge in [0, 0.05) is 12.4 Å². The van der Waals surface area contributed by atoms with Crippen LogP contribution in [0, 0.1) is 0 Å². The lowest BCUT2D eigenvalue weighted by atomic mass is 10.5. The number of amides is 1. The molecule has 1 fully saturated rings. The van der Waals surface area contributed by atoms with Crippen LogP contribution in [0.1, 0.15) is 0 Å². The fraction of sp³-hybridized carbons (Fsp3) is 0.222. The van der Waals surface area contributed by atoms with Gasteiger partial charge in [0.1, 0.15) is 6.61 Å². The average Bonchev–Trinajstić information content (AvgIpc) is 2.48. The molecule has 14 heavy (non-hydrogen) atoms. The third-order valence-electron chi connectivity index (χ3n) is 1.32. The average molecular weight is 198 g/mol. The topological polar surface area (TPSA) is 81.9 Å². The molecule has 0 aromatic carbocycles. The minimum absolute atomic E-state index is 0. The van der Waals surface area contributed by atoms with E-state index in [9.17, 15) is 4.79 Å². The van der Waals surface area contributed by atoms with Crippen molar-refractivity contribution in [2.75, 3.05) is 13.2 Å². The van der Waals surface area contributed by atoms with Crippen molar-refractivity contribution in [2.24, 2.45) is 0 Å². The Labute approximate surface area is 82.4 Å². The number of cyclic esters (lactones) is 1. The lowest BCUT2D eigenvalue weighted by Crippen LogP contribution is -2.11. The van der Waals surface area contributed by atoms with Gasteiger partial charge in [-0.25, -0.2) is 4.79 Å². The maximum atomic E-state index is 9.91. The molecule has 2 aliphatic rings. The second-order valence-corrected chi connectivity index (χ2v) is 2.33. The number of carbonyl (C=O) groups excluding carboxylic acids is 1. The molecule has 0 aromatic rings. The number of nitrogens with one attached hydrogen (secondary N) is 2. The quantitative estimate of drug-likeness (QED) is 0.578. The first-order valence-electron chi connectivity index (χ1n) is 4.04. The molecule has 0 atom stereocenters. The van der Waals surface area contributed by atoms with Gasteiger partial charge in [-0.1, -0.05) is 12.2 Å². The highest BCUT2D eigenvalue weighted by molar-refractivity contribution is 5.68. The molecule has 2 heterocycles. The van der Waals surface area contributed by atoms with Crippen molar-refractivity contribution in [1.29, 1.82) is 0 Å². The van der Waals surface area contributed by atoms with Crippen molar-refractivity contribution in [3.8, 4) is 0 Å². The normalized spacial score (nSPS) is 16.4. The highest BCUT2D eigenvalue weighted by Gasteiger charge is 2.06. The summed E-state index contributed by atoms with van der Waals surface area (Å²) in [7, 11) is 0. The van der Waals surface area contributed by atoms with Gasteiger partial charge in [0.2, 0.25) is 0 Å². The molecule has 1 saturated heterocycles. The van der Waals surface area contributed by atoms with Gasteiger partial charge in [0.05, 0.1) is 6.54 Å². The number of rotatable bonds is 0. The Kier molecular flexibility index (Phi) is 6.89. The zero-order valence-electron chi connectivity index (χ0n) is 7.69. The van der Waals surface area contributed by atoms with E-state index < -0.39 is 0 Å². The summed E-state index contributed by atoms with van der Waals surface area (Å²) in [5, 5.41) is 5.38. The smallest absolute Gasteiger partial charge is 0.407 e. The zero-order valence-corrected chi connectivity index (χ0v) is 7.69. The summed E-state index contributed by atoms with van der Waals surface area (Å²) in [6, 6.07) is 0. The van der Waals surface area contributed by atoms with Crippen molar-refractivity contribution in [3.05, 3.63) is 36.7 Å². The molecule has 4 N–H and O–H groups in total. The van der Waals surface area contributed by atoms with Gasteiger partial charge in [-0.3, -0.25) is 0 Å². The summed E-state index contributed by atoms with van der Waals surface area (Å²) < 4.78 is 4.40. The Morgan fingerprint density at radius 1 is 1.14 bits per heavy atom. The van der Waals surface area contributed by atoms with Crippen LogP contribution < -0.4 is 10.6 Å². The Bertz CT molecular complexity index is 224. The van der Waals surface area contributed by atoms with E-state index in [0.29, 0.717) is 13.2 Å². The second-order valence-electron chi connectivity index (χ2n) is 2.33. The zero-order chi connectivity index (χ0) is 9.36. The van der Waals surface area contributed by atoms with Crippen molar-refractivity contribution in [1.82, 2.24) is 10.6 Å². The Morgan fingerprint density at radius 3 is 2.14 bits per heavy atom. The van der Waals surface area contributed by atoms with Gasteiger partial charge < -0.3 is 20.8 Å². The first-order chi connectivity index (χ1) is 6.39. The van der Waals surface area contributed by atoms with Crippen LogP contribution in [-0.2, 0) is 4.74 Å². The van der Waals surface area contributed by atoms with Crippen LogP contribution in [0.2, 0.25) is 0 Å². The van der Waals surface area contributed by atoms with Gasteiger partial charge >= 0.3 is 6.09 Å². The molecule has 0 unspecified atom stereocenters. The van der Waals surface area contributed by atoms with E-state index >= 15 is 0 Å². The maximum Gasteiger partial charge on any atom is 0.407 e. The number of hydrogen-bond acceptors (Lipinski definition) is 3. The summed E-state index contributed by atoms with van der Waals surface area (Å²) >= 11 is 0. The van der Waals surface area contributed by atoms with Crippen LogP contribution in [0.5, 0.6) is 0 Å². The Hall–Kier alpha value is -1.75. The first kappa shape index (κ1) is 12.2. The van der Waals surface area contributed by atoms with Gasteiger partial charge in [-0.2, -0.15) is 0 Å². The summed E-state index contributed by atoms with van der Waals surface area (Å²) in [6.07, 6.45) is 11.3. The monoisotopic (exact) mass is 198 g/mol. The van der Waals surface area contributed by atoms with Gasteiger partial charge in [-0.15, -0.1) is 0 Å². The molecular weight excluding hydrogens is 184 g/mol. The molecule has 0 radical (unpaired) electrons. The van der Waals surface area contributed by atoms with Crippen molar-refractivity contribution >= 4 is 6.09 Å². The standard InChI is InChI=1S/C6H7N.C3H5NO2.H2O/c1-2-4-6-7-5-3-1;5-3-4-1-2-6-3;/h1-7H;1-2H2,(H,4,5);1H2. The SMILES string of the molecule is C1=CC=CNC=C1.O.O=C1NCCO1. The molecule has 0 bridgehead atoms. The third kappa shape index (κ3) is 5.84. The van der Waals surface area contributed by atoms with E-state index in [1.807, 2.05) is 36.7 Å². The van der Waals surface area contributed by atoms with Crippen LogP contribution in [-0.4, -0.2) is 24.7 Å². The summed E-state index contributed by atoms with van der Waals surface area (Å²) in [5.41, 5.74) is 0. The highest BCUT2D eigenvalue weighted by Crippen LogP contribution is 1.82. The molecular formula is C9H14N2O3. The van der Waals surface area contributed by atoms with Crippen LogP contribution >= 0.6 is 0 Å². The highest BCUT2D eigenvalue weighted by atomic mass is 16.6. The fourth-order valence-corrected chi connectivity index (χ4v) is 0.754. The second kappa shape index (κ2) is 7.88. The van der Waals surface area contributed by atoms with E-state index in [-0.39, 0.29) is 11.6 Å². The number of hydrogen-bond donors (Lipinski definition) is 2. The summed E-state index contributed by atoms with van der Waals surface area (Å²) in [6.45, 7) is 1.19. The lowest BCUT2D eigenvalue weighted by Gasteiger charge is -1.80. The molecule has 2 rings (SSSR count). The maximum absolute atomic E-state index is 9.91. The van der Waals surface area contributed by atoms with Crippen molar-refractivity contribution in [2.45, 2.75) is 0 Å². The van der Waals surface area contributed by atoms with Crippen molar-refractivity contribution in [3.63, 3.8) is 0 Å². The minimum Gasteiger partial charge on any atom is -0.448 e. The molecule has 2 aliphatic heterocycles. The number of carbonyl (C=O) groups is 1. The molecule has 0 aromatic heterocycles. The van der Waals surface area contributed by atoms with E-state index in [2.05, 4.69) is 15.4 Å². The molecule has 78 valence electrons. The predicted octanol–water partition coefficient (Wildman–Crippen LogP) is 0.0747. The minimum atomic E-state index is -0.296. The Morgan fingerprint density at radius 2 is 1.79 bits per heavy atom. The predicted molar refractivity (Wildman–Crippen MR) is 53.5 cm³/mol. The van der Waals surface area contributed by atoms with E-state index in [4.69, 9.17) is 0 Å². The molecule has 0 aliphatic carbocycles. The van der Waals surface area contributed by atoms with E-state index in [1.54, 1.807) is 0 Å². The van der Waals surface area contributed by atoms with Gasteiger partial charge in [0.25, 0.3) is 0 Å². The Balaban J connectivity index is 0.000000227. The van der Waals surface area contributed by atoms with Crippen molar-refractivity contribution < 1.29 is 15.0 Å². The van der Waals surface area contributed by atoms with Crippen LogP contribution in [0.25, 0.3) is 0 Å². The molecule has 1 amide bonds. The third-order valence-corrected chi connectivity index (χ3v) is 1.32. The van der Waals surface area contributed by atoms with E-state index in [0.717, 1.165) is 0 Å². The van der Waals surface area contributed by atoms with Crippen LogP contribution in [0.4, 0.5) is 4.79 Å².